The molecule has 3 heterocycles. The number of piperidine rings is 1. The number of anilines is 1. The van der Waals surface area contributed by atoms with Crippen molar-refractivity contribution in [3.8, 4) is 11.5 Å². The maximum absolute atomic E-state index is 13.4. The summed E-state index contributed by atoms with van der Waals surface area (Å²) >= 11 is 5.98. The Morgan fingerprint density at radius 3 is 2.57 bits per heavy atom. The summed E-state index contributed by atoms with van der Waals surface area (Å²) in [6.45, 7) is 7.87. The van der Waals surface area contributed by atoms with Gasteiger partial charge in [-0.2, -0.15) is 0 Å². The third kappa shape index (κ3) is 7.46. The molecule has 0 saturated carbocycles. The minimum Gasteiger partial charge on any atom is -0.506 e. The van der Waals surface area contributed by atoms with E-state index in [2.05, 4.69) is 36.8 Å². The van der Waals surface area contributed by atoms with Crippen LogP contribution in [0.25, 0.3) is 5.65 Å². The average Bonchev–Trinajstić information content (AvgIpc) is 3.47. The fourth-order valence-corrected chi connectivity index (χ4v) is 6.02. The van der Waals surface area contributed by atoms with Crippen LogP contribution in [0.2, 0.25) is 5.02 Å². The number of pyridine rings is 1. The molecule has 2 atom stereocenters. The molecule has 0 bridgehead atoms. The van der Waals surface area contributed by atoms with E-state index in [0.717, 1.165) is 54.4 Å². The lowest BCUT2D eigenvalue weighted by molar-refractivity contribution is 0.171. The molecule has 5 N–H and O–H groups in total. The SMILES string of the molecule is CC(C)(C)C(N)=CC(=Nc1ccc(Cl)c(O)c1)NC(=O)N[C@H]1CC[C@@H](Oc2ccc3nnc(N4CCCCC4)n3c2)c2ccccc21. The van der Waals surface area contributed by atoms with E-state index in [-0.39, 0.29) is 34.2 Å². The summed E-state index contributed by atoms with van der Waals surface area (Å²) in [6.07, 6.45) is 8.32. The van der Waals surface area contributed by atoms with E-state index >= 15 is 0 Å². The van der Waals surface area contributed by atoms with Gasteiger partial charge in [-0.25, -0.2) is 9.79 Å². The Labute approximate surface area is 279 Å². The number of amides is 2. The Morgan fingerprint density at radius 1 is 1.06 bits per heavy atom. The maximum atomic E-state index is 13.4. The second-order valence-electron chi connectivity index (χ2n) is 13.1. The zero-order chi connectivity index (χ0) is 33.1. The number of phenols is 1. The van der Waals surface area contributed by atoms with E-state index in [1.165, 1.54) is 12.5 Å². The molecule has 0 unspecified atom stereocenters. The Balaban J connectivity index is 1.19. The monoisotopic (exact) mass is 656 g/mol. The summed E-state index contributed by atoms with van der Waals surface area (Å²) in [5.41, 5.74) is 9.73. The standard InChI is InChI=1S/C35H41ClN8O3/c1-35(2,3)30(37)20-31(38-22-11-13-26(36)28(45)19-22)40-33(46)39-27-14-15-29(25-10-6-5-9-24(25)27)47-23-12-16-32-41-42-34(44(32)21-23)43-17-7-4-8-18-43/h5-6,9-13,16,19-21,27,29,45H,4,7-8,14-15,17-18,37H2,1-3H3,(H2,38,39,40,46)/t27-,29+/m0/s1. The number of hydrogen-bond acceptors (Lipinski definition) is 8. The molecular weight excluding hydrogens is 616 g/mol. The van der Waals surface area contributed by atoms with Crippen molar-refractivity contribution in [2.45, 2.75) is 65.0 Å². The first-order chi connectivity index (χ1) is 22.5. The van der Waals surface area contributed by atoms with Crippen molar-refractivity contribution < 1.29 is 14.6 Å². The van der Waals surface area contributed by atoms with E-state index in [0.29, 0.717) is 24.2 Å². The quantitative estimate of drug-likeness (QED) is 0.130. The minimum atomic E-state index is -0.428. The summed E-state index contributed by atoms with van der Waals surface area (Å²) in [5.74, 6) is 1.70. The van der Waals surface area contributed by atoms with Crippen molar-refractivity contribution in [1.29, 1.82) is 0 Å². The van der Waals surface area contributed by atoms with E-state index in [9.17, 15) is 9.90 Å². The topological polar surface area (TPSA) is 142 Å². The van der Waals surface area contributed by atoms with Gasteiger partial charge in [0.1, 0.15) is 23.4 Å². The summed E-state index contributed by atoms with van der Waals surface area (Å²) in [7, 11) is 0. The number of fused-ring (bicyclic) bond motifs is 2. The first kappa shape index (κ1) is 32.2. The molecule has 4 aromatic rings. The normalized spacial score (nSPS) is 18.9. The molecule has 2 amide bonds. The fraction of sp³-hybridized carbons (Fsp3) is 0.371. The maximum Gasteiger partial charge on any atom is 0.320 e. The van der Waals surface area contributed by atoms with Crippen LogP contribution in [0, 0.1) is 5.41 Å². The highest BCUT2D eigenvalue weighted by Crippen LogP contribution is 2.39. The van der Waals surface area contributed by atoms with Crippen LogP contribution in [0.1, 0.15) is 76.1 Å². The molecule has 11 nitrogen and oxygen atoms in total. The Hall–Kier alpha value is -4.77. The third-order valence-electron chi connectivity index (χ3n) is 8.59. The summed E-state index contributed by atoms with van der Waals surface area (Å²) in [5, 5.41) is 25.1. The number of carbonyl (C=O) groups excluding carboxylic acids is 1. The van der Waals surface area contributed by atoms with Gasteiger partial charge >= 0.3 is 6.03 Å². The van der Waals surface area contributed by atoms with E-state index in [1.807, 2.05) is 61.7 Å². The number of nitrogens with zero attached hydrogens (tertiary/aromatic N) is 5. The number of benzene rings is 2. The average molecular weight is 657 g/mol. The lowest BCUT2D eigenvalue weighted by Gasteiger charge is -2.32. The van der Waals surface area contributed by atoms with Gasteiger partial charge in [0.05, 0.1) is 22.9 Å². The van der Waals surface area contributed by atoms with Gasteiger partial charge in [-0.3, -0.25) is 9.72 Å². The lowest BCUT2D eigenvalue weighted by atomic mass is 9.85. The molecule has 12 heteroatoms. The Morgan fingerprint density at radius 2 is 1.83 bits per heavy atom. The number of urea groups is 1. The Kier molecular flexibility index (Phi) is 9.26. The van der Waals surface area contributed by atoms with Crippen molar-refractivity contribution in [2.24, 2.45) is 16.1 Å². The molecule has 0 spiro atoms. The number of hydrogen-bond donors (Lipinski definition) is 4. The smallest absolute Gasteiger partial charge is 0.320 e. The number of nitrogens with one attached hydrogen (secondary N) is 2. The zero-order valence-corrected chi connectivity index (χ0v) is 27.7. The molecule has 6 rings (SSSR count). The second-order valence-corrected chi connectivity index (χ2v) is 13.5. The van der Waals surface area contributed by atoms with Gasteiger partial charge in [0, 0.05) is 36.3 Å². The van der Waals surface area contributed by atoms with Crippen LogP contribution in [0.5, 0.6) is 11.5 Å². The molecule has 246 valence electrons. The third-order valence-corrected chi connectivity index (χ3v) is 8.91. The van der Waals surface area contributed by atoms with E-state index < -0.39 is 6.03 Å². The summed E-state index contributed by atoms with van der Waals surface area (Å²) in [4.78, 5) is 20.2. The molecule has 1 fully saturated rings. The van der Waals surface area contributed by atoms with Crippen molar-refractivity contribution in [3.05, 3.63) is 88.7 Å². The molecule has 2 aromatic heterocycles. The van der Waals surface area contributed by atoms with Crippen LogP contribution in [0.3, 0.4) is 0 Å². The highest BCUT2D eigenvalue weighted by Gasteiger charge is 2.30. The molecule has 1 aliphatic heterocycles. The van der Waals surface area contributed by atoms with Gasteiger partial charge in [-0.1, -0.05) is 56.6 Å². The predicted octanol–water partition coefficient (Wildman–Crippen LogP) is 6.95. The highest BCUT2D eigenvalue weighted by molar-refractivity contribution is 6.32. The number of rotatable bonds is 6. The molecular formula is C35H41ClN8O3. The van der Waals surface area contributed by atoms with Crippen molar-refractivity contribution in [2.75, 3.05) is 18.0 Å². The number of nitrogens with two attached hydrogens (primary N) is 1. The molecule has 1 aliphatic carbocycles. The van der Waals surface area contributed by atoms with Crippen LogP contribution in [-0.2, 0) is 0 Å². The van der Waals surface area contributed by atoms with E-state index in [1.54, 1.807) is 18.2 Å². The van der Waals surface area contributed by atoms with Gasteiger partial charge in [0.15, 0.2) is 5.65 Å². The Bertz CT molecular complexity index is 1820. The number of allylic oxidation sites excluding steroid dienone is 1. The van der Waals surface area contributed by atoms with Gasteiger partial charge in [0.25, 0.3) is 0 Å². The fourth-order valence-electron chi connectivity index (χ4n) is 5.91. The van der Waals surface area contributed by atoms with Crippen LogP contribution < -0.4 is 26.0 Å². The number of ether oxygens (including phenoxy) is 1. The van der Waals surface area contributed by atoms with E-state index in [4.69, 9.17) is 22.1 Å². The first-order valence-corrected chi connectivity index (χ1v) is 16.4. The number of aromatic nitrogens is 3. The van der Waals surface area contributed by atoms with Crippen molar-refractivity contribution in [3.63, 3.8) is 0 Å². The van der Waals surface area contributed by atoms with Crippen molar-refractivity contribution in [1.82, 2.24) is 25.2 Å². The van der Waals surface area contributed by atoms with Crippen molar-refractivity contribution >= 4 is 40.8 Å². The number of aliphatic imine (C=N–C) groups is 1. The molecule has 47 heavy (non-hydrogen) atoms. The number of aromatic hydroxyl groups is 1. The van der Waals surface area contributed by atoms with Gasteiger partial charge in [-0.05, 0) is 67.5 Å². The first-order valence-electron chi connectivity index (χ1n) is 16.0. The molecule has 2 aromatic carbocycles. The predicted molar refractivity (Wildman–Crippen MR) is 184 cm³/mol. The second kappa shape index (κ2) is 13.5. The molecule has 2 aliphatic rings. The van der Waals surface area contributed by atoms with Crippen LogP contribution in [0.4, 0.5) is 16.4 Å². The largest absolute Gasteiger partial charge is 0.506 e. The molecule has 1 saturated heterocycles. The van der Waals surface area contributed by atoms with Gasteiger partial charge < -0.3 is 25.8 Å². The zero-order valence-electron chi connectivity index (χ0n) is 26.9. The lowest BCUT2D eigenvalue weighted by Crippen LogP contribution is -2.42. The number of amidine groups is 1. The van der Waals surface area contributed by atoms with Gasteiger partial charge in [-0.15, -0.1) is 10.2 Å². The number of phenolic OH excluding ortho intramolecular Hbond substituents is 1. The van der Waals surface area contributed by atoms with Crippen LogP contribution in [0.15, 0.2) is 77.6 Å². The molecule has 0 radical (unpaired) electrons. The van der Waals surface area contributed by atoms with Crippen LogP contribution >= 0.6 is 11.6 Å². The summed E-state index contributed by atoms with van der Waals surface area (Å²) < 4.78 is 8.60. The number of halogens is 1. The number of carbonyl (C=O) groups is 1. The summed E-state index contributed by atoms with van der Waals surface area (Å²) in [6, 6.07) is 15.8. The highest BCUT2D eigenvalue weighted by atomic mass is 35.5. The minimum absolute atomic E-state index is 0.107. The van der Waals surface area contributed by atoms with Crippen LogP contribution in [-0.4, -0.2) is 44.7 Å². The van der Waals surface area contributed by atoms with Gasteiger partial charge in [0.2, 0.25) is 5.95 Å².